The number of fused-ring (bicyclic) bond motifs is 1. The molecule has 0 unspecified atom stereocenters. The van der Waals surface area contributed by atoms with Gasteiger partial charge in [-0.25, -0.2) is 4.98 Å². The van der Waals surface area contributed by atoms with Crippen LogP contribution in [0, 0.1) is 0 Å². The minimum absolute atomic E-state index is 0.413. The molecular formula is C15H17ClN6O2. The van der Waals surface area contributed by atoms with E-state index in [1.807, 2.05) is 6.07 Å². The van der Waals surface area contributed by atoms with Crippen LogP contribution in [0.3, 0.4) is 0 Å². The molecule has 126 valence electrons. The summed E-state index contributed by atoms with van der Waals surface area (Å²) in [6.45, 7) is 1.19. The largest absolute Gasteiger partial charge is 0.495 e. The van der Waals surface area contributed by atoms with Crippen molar-refractivity contribution in [1.82, 2.24) is 19.9 Å². The summed E-state index contributed by atoms with van der Waals surface area (Å²) in [5.41, 5.74) is 2.05. The van der Waals surface area contributed by atoms with Gasteiger partial charge in [-0.15, -0.1) is 0 Å². The van der Waals surface area contributed by atoms with Crippen molar-refractivity contribution in [2.75, 3.05) is 38.0 Å². The highest BCUT2D eigenvalue weighted by molar-refractivity contribution is 6.32. The molecule has 24 heavy (non-hydrogen) atoms. The van der Waals surface area contributed by atoms with Crippen molar-refractivity contribution in [3.63, 3.8) is 0 Å². The van der Waals surface area contributed by atoms with Crippen molar-refractivity contribution in [3.8, 4) is 5.75 Å². The van der Waals surface area contributed by atoms with Gasteiger partial charge < -0.3 is 25.1 Å². The van der Waals surface area contributed by atoms with E-state index >= 15 is 0 Å². The number of H-pyrrole nitrogens is 1. The first kappa shape index (κ1) is 16.3. The standard InChI is InChI=1S/C15H17ClN6O2/c1-23-6-5-17-13-12-14(19-8-18-12)22-15(21-13)20-9-3-4-11(24-2)10(16)7-9/h3-4,7-8H,5-6H2,1-2H3,(H3,17,18,19,20,21,22). The van der Waals surface area contributed by atoms with Gasteiger partial charge in [-0.3, -0.25) is 0 Å². The zero-order valence-corrected chi connectivity index (χ0v) is 14.0. The highest BCUT2D eigenvalue weighted by Gasteiger charge is 2.10. The van der Waals surface area contributed by atoms with E-state index in [1.165, 1.54) is 0 Å². The summed E-state index contributed by atoms with van der Waals surface area (Å²) in [5, 5.41) is 6.82. The predicted molar refractivity (Wildman–Crippen MR) is 93.3 cm³/mol. The van der Waals surface area contributed by atoms with Crippen LogP contribution in [0.25, 0.3) is 11.2 Å². The van der Waals surface area contributed by atoms with Gasteiger partial charge in [0.1, 0.15) is 11.3 Å². The Labute approximate surface area is 143 Å². The van der Waals surface area contributed by atoms with Crippen LogP contribution in [0.4, 0.5) is 17.5 Å². The molecule has 0 aliphatic heterocycles. The Morgan fingerprint density at radius 3 is 2.88 bits per heavy atom. The van der Waals surface area contributed by atoms with Gasteiger partial charge in [0.15, 0.2) is 11.5 Å². The van der Waals surface area contributed by atoms with Gasteiger partial charge in [-0.1, -0.05) is 11.6 Å². The van der Waals surface area contributed by atoms with Crippen molar-refractivity contribution < 1.29 is 9.47 Å². The van der Waals surface area contributed by atoms with E-state index in [2.05, 4.69) is 30.6 Å². The normalized spacial score (nSPS) is 10.8. The number of halogens is 1. The molecule has 0 saturated heterocycles. The average molecular weight is 349 g/mol. The summed E-state index contributed by atoms with van der Waals surface area (Å²) in [4.78, 5) is 16.1. The van der Waals surface area contributed by atoms with Gasteiger partial charge in [0.25, 0.3) is 0 Å². The Bertz CT molecular complexity index is 838. The van der Waals surface area contributed by atoms with Crippen LogP contribution < -0.4 is 15.4 Å². The first-order valence-corrected chi connectivity index (χ1v) is 7.63. The predicted octanol–water partition coefficient (Wildman–Crippen LogP) is 2.82. The van der Waals surface area contributed by atoms with E-state index in [0.717, 1.165) is 11.2 Å². The van der Waals surface area contributed by atoms with Crippen LogP contribution in [0.1, 0.15) is 0 Å². The summed E-state index contributed by atoms with van der Waals surface area (Å²) in [7, 11) is 3.22. The molecule has 0 spiro atoms. The van der Waals surface area contributed by atoms with Gasteiger partial charge in [0.05, 0.1) is 25.1 Å². The molecule has 3 rings (SSSR count). The van der Waals surface area contributed by atoms with Crippen LogP contribution >= 0.6 is 11.6 Å². The molecule has 1 aromatic carbocycles. The summed E-state index contributed by atoms with van der Waals surface area (Å²) in [6, 6.07) is 5.35. The van der Waals surface area contributed by atoms with Crippen LogP contribution in [-0.4, -0.2) is 47.3 Å². The fraction of sp³-hybridized carbons (Fsp3) is 0.267. The molecule has 0 aliphatic rings. The molecule has 0 saturated carbocycles. The quantitative estimate of drug-likeness (QED) is 0.565. The summed E-state index contributed by atoms with van der Waals surface area (Å²) in [6.07, 6.45) is 1.58. The number of nitrogens with one attached hydrogen (secondary N) is 3. The Morgan fingerprint density at radius 1 is 1.25 bits per heavy atom. The van der Waals surface area contributed by atoms with Crippen molar-refractivity contribution in [3.05, 3.63) is 29.5 Å². The number of rotatable bonds is 7. The number of hydrogen-bond acceptors (Lipinski definition) is 7. The molecular weight excluding hydrogens is 332 g/mol. The number of aromatic nitrogens is 4. The summed E-state index contributed by atoms with van der Waals surface area (Å²) < 4.78 is 10.2. The van der Waals surface area contributed by atoms with Crippen LogP contribution in [-0.2, 0) is 4.74 Å². The Hall–Kier alpha value is -2.58. The average Bonchev–Trinajstić information content (AvgIpc) is 3.04. The minimum Gasteiger partial charge on any atom is -0.495 e. The van der Waals surface area contributed by atoms with E-state index in [-0.39, 0.29) is 0 Å². The number of ether oxygens (including phenoxy) is 2. The van der Waals surface area contributed by atoms with Crippen LogP contribution in [0.15, 0.2) is 24.5 Å². The van der Waals surface area contributed by atoms with Gasteiger partial charge in [-0.2, -0.15) is 9.97 Å². The number of aromatic amines is 1. The maximum absolute atomic E-state index is 6.14. The monoisotopic (exact) mass is 348 g/mol. The Kier molecular flexibility index (Phi) is 4.97. The van der Waals surface area contributed by atoms with E-state index < -0.39 is 0 Å². The van der Waals surface area contributed by atoms with Crippen LogP contribution in [0.5, 0.6) is 5.75 Å². The number of anilines is 3. The lowest BCUT2D eigenvalue weighted by Gasteiger charge is -2.10. The molecule has 0 bridgehead atoms. The maximum Gasteiger partial charge on any atom is 0.231 e. The van der Waals surface area contributed by atoms with E-state index in [0.29, 0.717) is 41.3 Å². The first-order chi connectivity index (χ1) is 11.7. The Balaban J connectivity index is 1.87. The van der Waals surface area contributed by atoms with E-state index in [1.54, 1.807) is 32.7 Å². The second-order valence-electron chi connectivity index (χ2n) is 4.89. The highest BCUT2D eigenvalue weighted by Crippen LogP contribution is 2.29. The summed E-state index contributed by atoms with van der Waals surface area (Å²) >= 11 is 6.14. The smallest absolute Gasteiger partial charge is 0.231 e. The highest BCUT2D eigenvalue weighted by atomic mass is 35.5. The third-order valence-electron chi connectivity index (χ3n) is 3.29. The molecule has 9 heteroatoms. The zero-order valence-electron chi connectivity index (χ0n) is 13.3. The van der Waals surface area contributed by atoms with Crippen molar-refractivity contribution in [2.24, 2.45) is 0 Å². The molecule has 0 amide bonds. The molecule has 0 radical (unpaired) electrons. The third kappa shape index (κ3) is 3.50. The molecule has 2 aromatic heterocycles. The molecule has 0 atom stereocenters. The lowest BCUT2D eigenvalue weighted by molar-refractivity contribution is 0.210. The fourth-order valence-electron chi connectivity index (χ4n) is 2.16. The second kappa shape index (κ2) is 7.33. The number of nitrogens with zero attached hydrogens (tertiary/aromatic N) is 3. The maximum atomic E-state index is 6.14. The third-order valence-corrected chi connectivity index (χ3v) is 3.59. The topological polar surface area (TPSA) is 97.0 Å². The summed E-state index contributed by atoms with van der Waals surface area (Å²) in [5.74, 6) is 1.67. The van der Waals surface area contributed by atoms with Crippen molar-refractivity contribution in [1.29, 1.82) is 0 Å². The van der Waals surface area contributed by atoms with Gasteiger partial charge in [0, 0.05) is 19.3 Å². The molecule has 0 fully saturated rings. The molecule has 3 N–H and O–H groups in total. The lowest BCUT2D eigenvalue weighted by Crippen LogP contribution is -2.10. The SMILES string of the molecule is COCCNc1nc(Nc2ccc(OC)c(Cl)c2)nc2nc[nH]c12. The fourth-order valence-corrected chi connectivity index (χ4v) is 2.42. The Morgan fingerprint density at radius 2 is 2.12 bits per heavy atom. The van der Waals surface area contributed by atoms with E-state index in [4.69, 9.17) is 21.1 Å². The van der Waals surface area contributed by atoms with Crippen molar-refractivity contribution >= 4 is 40.2 Å². The molecule has 3 aromatic rings. The molecule has 8 nitrogen and oxygen atoms in total. The molecule has 2 heterocycles. The lowest BCUT2D eigenvalue weighted by atomic mass is 10.3. The number of methoxy groups -OCH3 is 2. The first-order valence-electron chi connectivity index (χ1n) is 7.25. The minimum atomic E-state index is 0.413. The number of imidazole rings is 1. The van der Waals surface area contributed by atoms with Gasteiger partial charge in [-0.05, 0) is 18.2 Å². The van der Waals surface area contributed by atoms with Gasteiger partial charge in [0.2, 0.25) is 5.95 Å². The van der Waals surface area contributed by atoms with Crippen molar-refractivity contribution in [2.45, 2.75) is 0 Å². The van der Waals surface area contributed by atoms with Gasteiger partial charge >= 0.3 is 0 Å². The zero-order chi connectivity index (χ0) is 16.9. The number of benzene rings is 1. The van der Waals surface area contributed by atoms with Crippen LogP contribution in [0.2, 0.25) is 5.02 Å². The molecule has 0 aliphatic carbocycles. The van der Waals surface area contributed by atoms with E-state index in [9.17, 15) is 0 Å². The number of hydrogen-bond donors (Lipinski definition) is 3. The second-order valence-corrected chi connectivity index (χ2v) is 5.30.